The minimum Gasteiger partial charge on any atom is -0.493 e. The van der Waals surface area contributed by atoms with E-state index < -0.39 is 18.5 Å². The average Bonchev–Trinajstić information content (AvgIpc) is 2.66. The first-order chi connectivity index (χ1) is 12.9. The van der Waals surface area contributed by atoms with Gasteiger partial charge in [0.1, 0.15) is 0 Å². The molecule has 0 radical (unpaired) electrons. The maximum atomic E-state index is 11.9. The van der Waals surface area contributed by atoms with Crippen molar-refractivity contribution < 1.29 is 23.8 Å². The van der Waals surface area contributed by atoms with Gasteiger partial charge in [-0.3, -0.25) is 4.79 Å². The maximum Gasteiger partial charge on any atom is 0.331 e. The Hall–Kier alpha value is -2.99. The lowest BCUT2D eigenvalue weighted by Crippen LogP contribution is -2.20. The van der Waals surface area contributed by atoms with Gasteiger partial charge in [0, 0.05) is 6.08 Å². The van der Waals surface area contributed by atoms with Crippen LogP contribution in [0, 0.1) is 6.92 Å². The lowest BCUT2D eigenvalue weighted by Gasteiger charge is -2.08. The summed E-state index contributed by atoms with van der Waals surface area (Å²) in [6.07, 6.45) is 2.78. The Bertz CT molecular complexity index is 863. The fourth-order valence-corrected chi connectivity index (χ4v) is 2.50. The van der Waals surface area contributed by atoms with Crippen molar-refractivity contribution in [2.75, 3.05) is 26.1 Å². The van der Waals surface area contributed by atoms with Crippen LogP contribution in [-0.2, 0) is 14.3 Å². The highest BCUT2D eigenvalue weighted by atomic mass is 35.5. The zero-order valence-electron chi connectivity index (χ0n) is 15.2. The molecular formula is C20H20ClNO5. The maximum absolute atomic E-state index is 11.9. The van der Waals surface area contributed by atoms with E-state index in [1.54, 1.807) is 43.5 Å². The lowest BCUT2D eigenvalue weighted by molar-refractivity contribution is -0.142. The quantitative estimate of drug-likeness (QED) is 0.575. The van der Waals surface area contributed by atoms with Crippen LogP contribution in [0.15, 0.2) is 42.5 Å². The van der Waals surface area contributed by atoms with Crippen molar-refractivity contribution in [1.29, 1.82) is 0 Å². The number of esters is 1. The fraction of sp³-hybridized carbons (Fsp3) is 0.200. The molecule has 2 aromatic carbocycles. The number of carbonyl (C=O) groups is 2. The van der Waals surface area contributed by atoms with E-state index in [4.69, 9.17) is 25.8 Å². The zero-order chi connectivity index (χ0) is 19.8. The molecule has 0 unspecified atom stereocenters. The van der Waals surface area contributed by atoms with Crippen LogP contribution < -0.4 is 14.8 Å². The number of hydrogen-bond donors (Lipinski definition) is 1. The number of halogens is 1. The van der Waals surface area contributed by atoms with Crippen LogP contribution in [0.25, 0.3) is 6.08 Å². The van der Waals surface area contributed by atoms with Gasteiger partial charge in [-0.15, -0.1) is 0 Å². The van der Waals surface area contributed by atoms with Crippen LogP contribution in [0.1, 0.15) is 11.1 Å². The molecule has 2 aromatic rings. The molecule has 6 nitrogen and oxygen atoms in total. The molecule has 0 fully saturated rings. The number of nitrogens with one attached hydrogen (secondary N) is 1. The average molecular weight is 390 g/mol. The smallest absolute Gasteiger partial charge is 0.331 e. The second-order valence-corrected chi connectivity index (χ2v) is 5.99. The monoisotopic (exact) mass is 389 g/mol. The van der Waals surface area contributed by atoms with Crippen molar-refractivity contribution >= 4 is 35.2 Å². The summed E-state index contributed by atoms with van der Waals surface area (Å²) in [4.78, 5) is 23.7. The van der Waals surface area contributed by atoms with Gasteiger partial charge in [-0.05, 0) is 48.4 Å². The van der Waals surface area contributed by atoms with Crippen LogP contribution >= 0.6 is 11.6 Å². The van der Waals surface area contributed by atoms with Gasteiger partial charge in [-0.1, -0.05) is 23.7 Å². The molecular weight excluding hydrogens is 370 g/mol. The molecule has 0 spiro atoms. The van der Waals surface area contributed by atoms with E-state index >= 15 is 0 Å². The molecule has 0 saturated carbocycles. The van der Waals surface area contributed by atoms with Crippen LogP contribution in [0.4, 0.5) is 5.69 Å². The number of rotatable bonds is 7. The standard InChI is InChI=1S/C20H20ClNO5/c1-13-4-7-16(15(21)10-13)22-19(23)12-27-20(24)9-6-14-5-8-17(25-2)18(11-14)26-3/h4-11H,12H2,1-3H3,(H,22,23)/b9-6+. The van der Waals surface area contributed by atoms with Gasteiger partial charge < -0.3 is 19.5 Å². The third-order valence-electron chi connectivity index (χ3n) is 3.56. The molecule has 0 saturated heterocycles. The van der Waals surface area contributed by atoms with Crippen molar-refractivity contribution in [2.24, 2.45) is 0 Å². The molecule has 27 heavy (non-hydrogen) atoms. The van der Waals surface area contributed by atoms with E-state index in [2.05, 4.69) is 5.32 Å². The zero-order valence-corrected chi connectivity index (χ0v) is 16.0. The van der Waals surface area contributed by atoms with Gasteiger partial charge in [-0.25, -0.2) is 4.79 Å². The molecule has 0 aliphatic rings. The fourth-order valence-electron chi connectivity index (χ4n) is 2.21. The highest BCUT2D eigenvalue weighted by Gasteiger charge is 2.09. The minimum absolute atomic E-state index is 0.417. The SMILES string of the molecule is COc1ccc(/C=C/C(=O)OCC(=O)Nc2ccc(C)cc2Cl)cc1OC. The summed E-state index contributed by atoms with van der Waals surface area (Å²) in [5, 5.41) is 3.01. The Morgan fingerprint density at radius 2 is 1.81 bits per heavy atom. The number of methoxy groups -OCH3 is 2. The van der Waals surface area contributed by atoms with Gasteiger partial charge in [0.2, 0.25) is 0 Å². The molecule has 7 heteroatoms. The third kappa shape index (κ3) is 6.04. The second kappa shape index (κ2) is 9.64. The van der Waals surface area contributed by atoms with Crippen molar-refractivity contribution in [3.63, 3.8) is 0 Å². The first-order valence-corrected chi connectivity index (χ1v) is 8.43. The largest absolute Gasteiger partial charge is 0.493 e. The van der Waals surface area contributed by atoms with Crippen LogP contribution in [-0.4, -0.2) is 32.7 Å². The third-order valence-corrected chi connectivity index (χ3v) is 3.88. The summed E-state index contributed by atoms with van der Waals surface area (Å²) in [5.74, 6) is 0.00888. The Kier molecular flexibility index (Phi) is 7.25. The molecule has 0 bridgehead atoms. The van der Waals surface area contributed by atoms with Crippen LogP contribution in [0.3, 0.4) is 0 Å². The van der Waals surface area contributed by atoms with E-state index in [-0.39, 0.29) is 0 Å². The number of aryl methyl sites for hydroxylation is 1. The Balaban J connectivity index is 1.88. The highest BCUT2D eigenvalue weighted by Crippen LogP contribution is 2.28. The van der Waals surface area contributed by atoms with Crippen molar-refractivity contribution in [2.45, 2.75) is 6.92 Å². The molecule has 142 valence electrons. The predicted octanol–water partition coefficient (Wildman–Crippen LogP) is 3.86. The number of anilines is 1. The topological polar surface area (TPSA) is 73.9 Å². The summed E-state index contributed by atoms with van der Waals surface area (Å²) < 4.78 is 15.3. The first kappa shape index (κ1) is 20.3. The van der Waals surface area contributed by atoms with Gasteiger partial charge in [0.25, 0.3) is 5.91 Å². The predicted molar refractivity (Wildman–Crippen MR) is 104 cm³/mol. The van der Waals surface area contributed by atoms with Gasteiger partial charge in [0.15, 0.2) is 18.1 Å². The van der Waals surface area contributed by atoms with Crippen molar-refractivity contribution in [1.82, 2.24) is 0 Å². The van der Waals surface area contributed by atoms with Crippen molar-refractivity contribution in [3.05, 3.63) is 58.6 Å². The van der Waals surface area contributed by atoms with E-state index in [1.807, 2.05) is 13.0 Å². The molecule has 0 aliphatic carbocycles. The number of benzene rings is 2. The summed E-state index contributed by atoms with van der Waals surface area (Å²) in [6, 6.07) is 10.4. The van der Waals surface area contributed by atoms with E-state index in [0.717, 1.165) is 11.1 Å². The van der Waals surface area contributed by atoms with Gasteiger partial charge in [0.05, 0.1) is 24.9 Å². The normalized spacial score (nSPS) is 10.5. The van der Waals surface area contributed by atoms with Crippen molar-refractivity contribution in [3.8, 4) is 11.5 Å². The number of ether oxygens (including phenoxy) is 3. The summed E-state index contributed by atoms with van der Waals surface area (Å²) in [7, 11) is 3.07. The van der Waals surface area contributed by atoms with Crippen LogP contribution in [0.5, 0.6) is 11.5 Å². The Morgan fingerprint density at radius 3 is 2.48 bits per heavy atom. The molecule has 1 N–H and O–H groups in total. The van der Waals surface area contributed by atoms with E-state index in [0.29, 0.717) is 22.2 Å². The number of hydrogen-bond acceptors (Lipinski definition) is 5. The molecule has 2 rings (SSSR count). The summed E-state index contributed by atoms with van der Waals surface area (Å²) in [6.45, 7) is 1.48. The molecule has 0 aromatic heterocycles. The molecule has 0 atom stereocenters. The van der Waals surface area contributed by atoms with E-state index in [9.17, 15) is 9.59 Å². The second-order valence-electron chi connectivity index (χ2n) is 5.59. The van der Waals surface area contributed by atoms with Crippen LogP contribution in [0.2, 0.25) is 5.02 Å². The lowest BCUT2D eigenvalue weighted by atomic mass is 10.2. The summed E-state index contributed by atoms with van der Waals surface area (Å²) in [5.41, 5.74) is 2.16. The highest BCUT2D eigenvalue weighted by molar-refractivity contribution is 6.33. The number of amides is 1. The van der Waals surface area contributed by atoms with E-state index in [1.165, 1.54) is 13.2 Å². The molecule has 0 aliphatic heterocycles. The first-order valence-electron chi connectivity index (χ1n) is 8.06. The van der Waals surface area contributed by atoms with Gasteiger partial charge in [-0.2, -0.15) is 0 Å². The molecule has 1 amide bonds. The Morgan fingerprint density at radius 1 is 1.07 bits per heavy atom. The Labute approximate surface area is 162 Å². The summed E-state index contributed by atoms with van der Waals surface area (Å²) >= 11 is 6.05. The van der Waals surface area contributed by atoms with Gasteiger partial charge >= 0.3 is 5.97 Å². The number of carbonyl (C=O) groups excluding carboxylic acids is 2. The minimum atomic E-state index is -0.644. The molecule has 0 heterocycles.